The summed E-state index contributed by atoms with van der Waals surface area (Å²) >= 11 is 12.7. The fourth-order valence-electron chi connectivity index (χ4n) is 1.00. The van der Waals surface area contributed by atoms with Gasteiger partial charge in [0.1, 0.15) is 4.34 Å². The van der Waals surface area contributed by atoms with Gasteiger partial charge in [0.15, 0.2) is 0 Å². The van der Waals surface area contributed by atoms with Gasteiger partial charge in [-0.05, 0) is 19.4 Å². The van der Waals surface area contributed by atoms with E-state index >= 15 is 0 Å². The molecule has 0 radical (unpaired) electrons. The van der Waals surface area contributed by atoms with Crippen molar-refractivity contribution >= 4 is 40.4 Å². The zero-order valence-electron chi connectivity index (χ0n) is 8.22. The number of nitrogens with two attached hydrogens (primary N) is 1. The van der Waals surface area contributed by atoms with Gasteiger partial charge < -0.3 is 11.1 Å². The minimum Gasteiger partial charge on any atom is -0.352 e. The normalized spacial score (nSPS) is 12.5. The van der Waals surface area contributed by atoms with E-state index in [0.29, 0.717) is 20.8 Å². The van der Waals surface area contributed by atoms with Crippen LogP contribution < -0.4 is 11.1 Å². The Morgan fingerprint density at radius 2 is 2.33 bits per heavy atom. The third-order valence-corrected chi connectivity index (χ3v) is 3.27. The van der Waals surface area contributed by atoms with Gasteiger partial charge in [0, 0.05) is 12.6 Å². The number of halogens is 2. The Morgan fingerprint density at radius 1 is 1.67 bits per heavy atom. The smallest absolute Gasteiger partial charge is 0.253 e. The molecule has 15 heavy (non-hydrogen) atoms. The largest absolute Gasteiger partial charge is 0.352 e. The maximum atomic E-state index is 11.6. The highest BCUT2D eigenvalue weighted by atomic mass is 35.5. The molecule has 0 saturated carbocycles. The fraction of sp³-hybridized carbons (Fsp3) is 0.444. The molecule has 1 rings (SSSR count). The average Bonchev–Trinajstić information content (AvgIpc) is 2.44. The molecular weight excluding hydrogens is 255 g/mol. The number of thiophene rings is 1. The monoisotopic (exact) mass is 266 g/mol. The SMILES string of the molecule is CC(N)CCNC(=O)c1cc(Cl)sc1Cl. The number of carbonyl (C=O) groups excluding carboxylic acids is 1. The summed E-state index contributed by atoms with van der Waals surface area (Å²) in [5.74, 6) is -0.205. The second kappa shape index (κ2) is 5.70. The van der Waals surface area contributed by atoms with E-state index < -0.39 is 0 Å². The van der Waals surface area contributed by atoms with Crippen molar-refractivity contribution in [3.63, 3.8) is 0 Å². The molecule has 0 spiro atoms. The molecule has 0 aromatic carbocycles. The molecule has 6 heteroatoms. The van der Waals surface area contributed by atoms with Crippen molar-refractivity contribution in [2.24, 2.45) is 5.73 Å². The Balaban J connectivity index is 2.50. The van der Waals surface area contributed by atoms with Crippen molar-refractivity contribution in [3.05, 3.63) is 20.3 Å². The van der Waals surface area contributed by atoms with Crippen molar-refractivity contribution < 1.29 is 4.79 Å². The van der Waals surface area contributed by atoms with Gasteiger partial charge in [0.05, 0.1) is 9.90 Å². The number of carbonyl (C=O) groups is 1. The van der Waals surface area contributed by atoms with Crippen LogP contribution in [0.25, 0.3) is 0 Å². The summed E-state index contributed by atoms with van der Waals surface area (Å²) in [7, 11) is 0. The summed E-state index contributed by atoms with van der Waals surface area (Å²) in [6, 6.07) is 1.64. The van der Waals surface area contributed by atoms with Gasteiger partial charge in [-0.3, -0.25) is 4.79 Å². The predicted molar refractivity (Wildman–Crippen MR) is 64.9 cm³/mol. The maximum Gasteiger partial charge on any atom is 0.253 e. The van der Waals surface area contributed by atoms with E-state index in [4.69, 9.17) is 28.9 Å². The highest BCUT2D eigenvalue weighted by Crippen LogP contribution is 2.30. The number of hydrogen-bond acceptors (Lipinski definition) is 3. The van der Waals surface area contributed by atoms with Crippen LogP contribution in [0.5, 0.6) is 0 Å². The Kier molecular flexibility index (Phi) is 4.86. The maximum absolute atomic E-state index is 11.6. The third kappa shape index (κ3) is 3.99. The molecule has 1 amide bonds. The van der Waals surface area contributed by atoms with Gasteiger partial charge in [-0.15, -0.1) is 11.3 Å². The molecule has 0 saturated heterocycles. The van der Waals surface area contributed by atoms with Crippen molar-refractivity contribution in [1.29, 1.82) is 0 Å². The van der Waals surface area contributed by atoms with Crippen LogP contribution in [0.1, 0.15) is 23.7 Å². The second-order valence-corrected chi connectivity index (χ2v) is 5.55. The summed E-state index contributed by atoms with van der Waals surface area (Å²) in [5.41, 5.74) is 5.98. The lowest BCUT2D eigenvalue weighted by atomic mass is 10.2. The zero-order valence-corrected chi connectivity index (χ0v) is 10.5. The molecular formula is C9H12Cl2N2OS. The zero-order chi connectivity index (χ0) is 11.4. The van der Waals surface area contributed by atoms with Gasteiger partial charge in [-0.2, -0.15) is 0 Å². The minimum absolute atomic E-state index is 0.0758. The minimum atomic E-state index is -0.205. The molecule has 3 N–H and O–H groups in total. The molecule has 1 aromatic heterocycles. The van der Waals surface area contributed by atoms with Crippen LogP contribution in [0, 0.1) is 0 Å². The van der Waals surface area contributed by atoms with Gasteiger partial charge in [-0.25, -0.2) is 0 Å². The molecule has 1 atom stereocenters. The highest BCUT2D eigenvalue weighted by Gasteiger charge is 2.13. The van der Waals surface area contributed by atoms with E-state index in [-0.39, 0.29) is 11.9 Å². The van der Waals surface area contributed by atoms with Crippen LogP contribution in [0.15, 0.2) is 6.07 Å². The third-order valence-electron chi connectivity index (χ3n) is 1.79. The highest BCUT2D eigenvalue weighted by molar-refractivity contribution is 7.20. The van der Waals surface area contributed by atoms with E-state index in [0.717, 1.165) is 6.42 Å². The molecule has 1 aromatic rings. The predicted octanol–water partition coefficient (Wildman–Crippen LogP) is 2.52. The summed E-state index contributed by atoms with van der Waals surface area (Å²) in [4.78, 5) is 11.6. The molecule has 0 bridgehead atoms. The van der Waals surface area contributed by atoms with Crippen molar-refractivity contribution in [2.45, 2.75) is 19.4 Å². The lowest BCUT2D eigenvalue weighted by molar-refractivity contribution is 0.0953. The van der Waals surface area contributed by atoms with Crippen LogP contribution in [-0.2, 0) is 0 Å². The fourth-order valence-corrected chi connectivity index (χ4v) is 2.46. The molecule has 0 aliphatic carbocycles. The van der Waals surface area contributed by atoms with Gasteiger partial charge >= 0.3 is 0 Å². The summed E-state index contributed by atoms with van der Waals surface area (Å²) in [6.07, 6.45) is 0.737. The Morgan fingerprint density at radius 3 is 2.80 bits per heavy atom. The van der Waals surface area contributed by atoms with Crippen LogP contribution in [-0.4, -0.2) is 18.5 Å². The Labute approximate surface area is 103 Å². The van der Waals surface area contributed by atoms with Gasteiger partial charge in [0.25, 0.3) is 5.91 Å². The topological polar surface area (TPSA) is 55.1 Å². The number of nitrogens with one attached hydrogen (secondary N) is 1. The average molecular weight is 267 g/mol. The van der Waals surface area contributed by atoms with Crippen LogP contribution >= 0.6 is 34.5 Å². The van der Waals surface area contributed by atoms with Crippen molar-refractivity contribution in [1.82, 2.24) is 5.32 Å². The van der Waals surface area contributed by atoms with E-state index in [2.05, 4.69) is 5.32 Å². The molecule has 0 fully saturated rings. The van der Waals surface area contributed by atoms with Crippen LogP contribution in [0.2, 0.25) is 8.67 Å². The molecule has 0 aliphatic rings. The summed E-state index contributed by atoms with van der Waals surface area (Å²) < 4.78 is 0.927. The van der Waals surface area contributed by atoms with Gasteiger partial charge in [-0.1, -0.05) is 23.2 Å². The molecule has 3 nitrogen and oxygen atoms in total. The molecule has 1 unspecified atom stereocenters. The van der Waals surface area contributed by atoms with E-state index in [1.807, 2.05) is 6.92 Å². The van der Waals surface area contributed by atoms with E-state index in [1.54, 1.807) is 6.07 Å². The van der Waals surface area contributed by atoms with Crippen LogP contribution in [0.4, 0.5) is 0 Å². The second-order valence-electron chi connectivity index (χ2n) is 3.26. The quantitative estimate of drug-likeness (QED) is 0.880. The number of hydrogen-bond donors (Lipinski definition) is 2. The summed E-state index contributed by atoms with van der Waals surface area (Å²) in [5, 5.41) is 2.73. The van der Waals surface area contributed by atoms with Crippen LogP contribution in [0.3, 0.4) is 0 Å². The van der Waals surface area contributed by atoms with Gasteiger partial charge in [0.2, 0.25) is 0 Å². The Hall–Kier alpha value is -0.290. The molecule has 84 valence electrons. The first-order chi connectivity index (χ1) is 7.00. The Bertz CT molecular complexity index is 352. The molecule has 0 aliphatic heterocycles. The molecule has 1 heterocycles. The number of amides is 1. The lowest BCUT2D eigenvalue weighted by Crippen LogP contribution is -2.28. The first-order valence-electron chi connectivity index (χ1n) is 4.49. The number of rotatable bonds is 4. The standard InChI is InChI=1S/C9H12Cl2N2OS/c1-5(12)2-3-13-9(14)6-4-7(10)15-8(6)11/h4-5H,2-3,12H2,1H3,(H,13,14). The van der Waals surface area contributed by atoms with E-state index in [1.165, 1.54) is 11.3 Å². The first kappa shape index (κ1) is 12.8. The van der Waals surface area contributed by atoms with Crippen molar-refractivity contribution in [2.75, 3.05) is 6.54 Å². The first-order valence-corrected chi connectivity index (χ1v) is 6.06. The summed E-state index contributed by atoms with van der Waals surface area (Å²) in [6.45, 7) is 2.43. The lowest BCUT2D eigenvalue weighted by Gasteiger charge is -2.06. The van der Waals surface area contributed by atoms with E-state index in [9.17, 15) is 4.79 Å². The van der Waals surface area contributed by atoms with Crippen molar-refractivity contribution in [3.8, 4) is 0 Å².